The third-order valence-corrected chi connectivity index (χ3v) is 8.20. The summed E-state index contributed by atoms with van der Waals surface area (Å²) in [4.78, 5) is 13.4. The van der Waals surface area contributed by atoms with Gasteiger partial charge in [0.1, 0.15) is 0 Å². The second-order valence-corrected chi connectivity index (χ2v) is 10.9. The number of nitrogens with one attached hydrogen (secondary N) is 1. The van der Waals surface area contributed by atoms with Crippen molar-refractivity contribution < 1.29 is 13.2 Å². The quantitative estimate of drug-likeness (QED) is 0.481. The van der Waals surface area contributed by atoms with E-state index >= 15 is 0 Å². The van der Waals surface area contributed by atoms with Gasteiger partial charge < -0.3 is 5.32 Å². The highest BCUT2D eigenvalue weighted by atomic mass is 32.2. The average Bonchev–Trinajstić information content (AvgIpc) is 3.02. The summed E-state index contributed by atoms with van der Waals surface area (Å²) in [6.07, 6.45) is 7.03. The normalized spacial score (nSPS) is 15.7. The van der Waals surface area contributed by atoms with E-state index in [0.29, 0.717) is 18.3 Å². The zero-order valence-electron chi connectivity index (χ0n) is 17.4. The standard InChI is InChI=1S/C23H30N2O3S2/c1-25(17-19-9-5-4-6-10-19)30(27,28)22-15-13-21(14-16-22)29-18-23(26)24-20-11-7-2-3-8-12-20/h4-6,9-10,13-16,20H,2-3,7-8,11-12,17-18H2,1H3,(H,24,26). The zero-order valence-corrected chi connectivity index (χ0v) is 19.1. The molecule has 0 aliphatic heterocycles. The molecule has 0 saturated heterocycles. The molecule has 1 amide bonds. The van der Waals surface area contributed by atoms with E-state index in [0.717, 1.165) is 23.3 Å². The Morgan fingerprint density at radius 1 is 1.00 bits per heavy atom. The molecule has 2 aromatic rings. The van der Waals surface area contributed by atoms with Crippen molar-refractivity contribution in [1.29, 1.82) is 0 Å². The van der Waals surface area contributed by atoms with Gasteiger partial charge in [0.05, 0.1) is 10.6 Å². The van der Waals surface area contributed by atoms with Gasteiger partial charge in [-0.05, 0) is 42.7 Å². The molecule has 30 heavy (non-hydrogen) atoms. The molecule has 5 nitrogen and oxygen atoms in total. The van der Waals surface area contributed by atoms with Crippen molar-refractivity contribution in [2.24, 2.45) is 0 Å². The first-order chi connectivity index (χ1) is 14.4. The summed E-state index contributed by atoms with van der Waals surface area (Å²) in [6, 6.07) is 16.6. The van der Waals surface area contributed by atoms with Crippen molar-refractivity contribution in [1.82, 2.24) is 9.62 Å². The van der Waals surface area contributed by atoms with Crippen LogP contribution in [0.3, 0.4) is 0 Å². The van der Waals surface area contributed by atoms with Gasteiger partial charge in [-0.1, -0.05) is 56.0 Å². The number of amides is 1. The van der Waals surface area contributed by atoms with Gasteiger partial charge >= 0.3 is 0 Å². The fraction of sp³-hybridized carbons (Fsp3) is 0.435. The molecule has 162 valence electrons. The molecule has 0 aromatic heterocycles. The first kappa shape index (κ1) is 22.8. The molecular weight excluding hydrogens is 416 g/mol. The maximum Gasteiger partial charge on any atom is 0.243 e. The summed E-state index contributed by atoms with van der Waals surface area (Å²) >= 11 is 1.43. The lowest BCUT2D eigenvalue weighted by molar-refractivity contribution is -0.119. The van der Waals surface area contributed by atoms with Gasteiger partial charge in [0.25, 0.3) is 0 Å². The summed E-state index contributed by atoms with van der Waals surface area (Å²) < 4.78 is 27.0. The van der Waals surface area contributed by atoms with E-state index < -0.39 is 10.0 Å². The van der Waals surface area contributed by atoms with Gasteiger partial charge in [0.2, 0.25) is 15.9 Å². The molecule has 1 aliphatic rings. The van der Waals surface area contributed by atoms with Gasteiger partial charge in [-0.2, -0.15) is 4.31 Å². The predicted molar refractivity (Wildman–Crippen MR) is 122 cm³/mol. The van der Waals surface area contributed by atoms with Crippen LogP contribution in [0.25, 0.3) is 0 Å². The van der Waals surface area contributed by atoms with Crippen molar-refractivity contribution >= 4 is 27.7 Å². The van der Waals surface area contributed by atoms with Crippen molar-refractivity contribution in [3.63, 3.8) is 0 Å². The van der Waals surface area contributed by atoms with Gasteiger partial charge in [-0.15, -0.1) is 11.8 Å². The number of nitrogens with zero attached hydrogens (tertiary/aromatic N) is 1. The zero-order chi connectivity index (χ0) is 21.4. The van der Waals surface area contributed by atoms with Crippen molar-refractivity contribution in [3.8, 4) is 0 Å². The number of rotatable bonds is 8. The summed E-state index contributed by atoms with van der Waals surface area (Å²) in [6.45, 7) is 0.320. The van der Waals surface area contributed by atoms with E-state index in [1.165, 1.54) is 41.8 Å². The second kappa shape index (κ2) is 11.0. The number of hydrogen-bond acceptors (Lipinski definition) is 4. The number of thioether (sulfide) groups is 1. The Labute approximate surface area is 184 Å². The molecule has 1 aliphatic carbocycles. The average molecular weight is 447 g/mol. The molecule has 2 aromatic carbocycles. The molecule has 0 heterocycles. The van der Waals surface area contributed by atoms with Gasteiger partial charge in [-0.3, -0.25) is 4.79 Å². The summed E-state index contributed by atoms with van der Waals surface area (Å²) in [5, 5.41) is 3.14. The molecule has 3 rings (SSSR count). The molecule has 0 unspecified atom stereocenters. The van der Waals surface area contributed by atoms with E-state index in [4.69, 9.17) is 0 Å². The molecule has 0 spiro atoms. The second-order valence-electron chi connectivity index (χ2n) is 7.76. The molecule has 7 heteroatoms. The van der Waals surface area contributed by atoms with Crippen LogP contribution in [-0.2, 0) is 21.4 Å². The van der Waals surface area contributed by atoms with Crippen LogP contribution in [0, 0.1) is 0 Å². The van der Waals surface area contributed by atoms with Crippen LogP contribution in [-0.4, -0.2) is 37.5 Å². The molecule has 0 bridgehead atoms. The highest BCUT2D eigenvalue weighted by molar-refractivity contribution is 8.00. The Bertz CT molecular complexity index is 907. The number of hydrogen-bond donors (Lipinski definition) is 1. The molecule has 1 fully saturated rings. The van der Waals surface area contributed by atoms with Crippen molar-refractivity contribution in [3.05, 3.63) is 60.2 Å². The minimum Gasteiger partial charge on any atom is -0.353 e. The van der Waals surface area contributed by atoms with E-state index in [-0.39, 0.29) is 10.8 Å². The first-order valence-electron chi connectivity index (χ1n) is 10.5. The van der Waals surface area contributed by atoms with Crippen LogP contribution in [0.15, 0.2) is 64.4 Å². The number of sulfonamides is 1. The predicted octanol–water partition coefficient (Wildman–Crippen LogP) is 4.44. The SMILES string of the molecule is CN(Cc1ccccc1)S(=O)(=O)c1ccc(SCC(=O)NC2CCCCCC2)cc1. The van der Waals surface area contributed by atoms with Crippen LogP contribution >= 0.6 is 11.8 Å². The third-order valence-electron chi connectivity index (χ3n) is 5.37. The minimum absolute atomic E-state index is 0.0474. The van der Waals surface area contributed by atoms with E-state index in [9.17, 15) is 13.2 Å². The summed E-state index contributed by atoms with van der Waals surface area (Å²) in [5.74, 6) is 0.391. The lowest BCUT2D eigenvalue weighted by atomic mass is 10.1. The van der Waals surface area contributed by atoms with Gasteiger partial charge in [0, 0.05) is 24.5 Å². The fourth-order valence-electron chi connectivity index (χ4n) is 3.66. The number of carbonyl (C=O) groups excluding carboxylic acids is 1. The van der Waals surface area contributed by atoms with Crippen LogP contribution in [0.4, 0.5) is 0 Å². The highest BCUT2D eigenvalue weighted by Gasteiger charge is 2.21. The van der Waals surface area contributed by atoms with Crippen LogP contribution in [0.1, 0.15) is 44.1 Å². The highest BCUT2D eigenvalue weighted by Crippen LogP contribution is 2.23. The minimum atomic E-state index is -3.56. The monoisotopic (exact) mass is 446 g/mol. The largest absolute Gasteiger partial charge is 0.353 e. The smallest absolute Gasteiger partial charge is 0.243 e. The van der Waals surface area contributed by atoms with E-state index in [1.807, 2.05) is 30.3 Å². The van der Waals surface area contributed by atoms with E-state index in [1.54, 1.807) is 31.3 Å². The van der Waals surface area contributed by atoms with Crippen LogP contribution < -0.4 is 5.32 Å². The van der Waals surface area contributed by atoms with Crippen molar-refractivity contribution in [2.45, 2.75) is 60.9 Å². The summed E-state index contributed by atoms with van der Waals surface area (Å²) in [5.41, 5.74) is 0.940. The topological polar surface area (TPSA) is 66.5 Å². The van der Waals surface area contributed by atoms with Gasteiger partial charge in [0.15, 0.2) is 0 Å². The molecule has 1 N–H and O–H groups in total. The lowest BCUT2D eigenvalue weighted by Gasteiger charge is -2.17. The lowest BCUT2D eigenvalue weighted by Crippen LogP contribution is -2.35. The maximum absolute atomic E-state index is 12.8. The molecular formula is C23H30N2O3S2. The summed E-state index contributed by atoms with van der Waals surface area (Å²) in [7, 11) is -1.98. The van der Waals surface area contributed by atoms with Crippen LogP contribution in [0.2, 0.25) is 0 Å². The Kier molecular flexibility index (Phi) is 8.36. The Morgan fingerprint density at radius 2 is 1.63 bits per heavy atom. The third kappa shape index (κ3) is 6.59. The first-order valence-corrected chi connectivity index (χ1v) is 12.9. The van der Waals surface area contributed by atoms with Crippen LogP contribution in [0.5, 0.6) is 0 Å². The van der Waals surface area contributed by atoms with E-state index in [2.05, 4.69) is 5.32 Å². The Hall–Kier alpha value is -1.83. The Morgan fingerprint density at radius 3 is 2.27 bits per heavy atom. The van der Waals surface area contributed by atoms with Gasteiger partial charge in [-0.25, -0.2) is 8.42 Å². The fourth-order valence-corrected chi connectivity index (χ4v) is 5.52. The number of carbonyl (C=O) groups is 1. The van der Waals surface area contributed by atoms with Crippen molar-refractivity contribution in [2.75, 3.05) is 12.8 Å². The molecule has 0 radical (unpaired) electrons. The molecule has 1 saturated carbocycles. The Balaban J connectivity index is 1.52. The maximum atomic E-state index is 12.8. The molecule has 0 atom stereocenters. The number of benzene rings is 2.